The highest BCUT2D eigenvalue weighted by atomic mass is 16.5. The molecule has 8 atom stereocenters. The number of esters is 1. The van der Waals surface area contributed by atoms with Gasteiger partial charge in [0.15, 0.2) is 0 Å². The van der Waals surface area contributed by atoms with E-state index in [0.29, 0.717) is 18.4 Å². The zero-order valence-electron chi connectivity index (χ0n) is 46.8. The highest BCUT2D eigenvalue weighted by molar-refractivity contribution is 6.00. The summed E-state index contributed by atoms with van der Waals surface area (Å²) in [5.41, 5.74) is 11.0. The summed E-state index contributed by atoms with van der Waals surface area (Å²) in [4.78, 5) is 185. The molecule has 1 aliphatic heterocycles. The van der Waals surface area contributed by atoms with Crippen LogP contribution in [-0.4, -0.2) is 160 Å². The Labute approximate surface area is 474 Å². The van der Waals surface area contributed by atoms with Gasteiger partial charge >= 0.3 is 17.9 Å². The van der Waals surface area contributed by atoms with E-state index in [9.17, 15) is 82.4 Å². The number of hydrogen-bond donors (Lipinski definition) is 14. The maximum atomic E-state index is 14.4. The van der Waals surface area contributed by atoms with Crippen molar-refractivity contribution < 1.29 is 87.2 Å². The van der Waals surface area contributed by atoms with Crippen LogP contribution in [0.5, 0.6) is 5.75 Å². The second-order valence-corrected chi connectivity index (χ2v) is 20.3. The third-order valence-electron chi connectivity index (χ3n) is 12.9. The molecule has 8 unspecified atom stereocenters. The number of phenols is 1. The average molecular weight is 1160 g/mol. The number of nitrogens with two attached hydrogens (primary N) is 2. The van der Waals surface area contributed by atoms with Crippen LogP contribution < -0.4 is 59.3 Å². The Bertz CT molecular complexity index is 2400. The second kappa shape index (κ2) is 36.8. The van der Waals surface area contributed by atoms with Gasteiger partial charge in [0.2, 0.25) is 65.0 Å². The molecule has 1 aliphatic rings. The van der Waals surface area contributed by atoms with Crippen LogP contribution in [0.4, 0.5) is 0 Å². The normalized spacial score (nSPS) is 22.4. The fraction of sp³-hybridized carbons (Fsp3) is 0.623. The van der Waals surface area contributed by atoms with E-state index in [1.807, 2.05) is 5.32 Å². The van der Waals surface area contributed by atoms with Crippen LogP contribution in [0.25, 0.3) is 0 Å². The Morgan fingerprint density at radius 1 is 0.573 bits per heavy atom. The summed E-state index contributed by atoms with van der Waals surface area (Å²) < 4.78 is 5.75. The molecule has 1 aromatic carbocycles. The van der Waals surface area contributed by atoms with Crippen molar-refractivity contribution in [1.82, 2.24) is 47.9 Å². The van der Waals surface area contributed by atoms with Crippen molar-refractivity contribution in [3.8, 4) is 5.75 Å². The number of ether oxygens (including phenoxy) is 1. The van der Waals surface area contributed by atoms with Gasteiger partial charge in [0.25, 0.3) is 0 Å². The van der Waals surface area contributed by atoms with Gasteiger partial charge in [-0.25, -0.2) is 4.79 Å². The Morgan fingerprint density at radius 3 is 1.50 bits per heavy atom. The summed E-state index contributed by atoms with van der Waals surface area (Å²) in [7, 11) is 0. The van der Waals surface area contributed by atoms with Crippen LogP contribution in [-0.2, 0) is 78.3 Å². The summed E-state index contributed by atoms with van der Waals surface area (Å²) in [5, 5.41) is 49.4. The lowest BCUT2D eigenvalue weighted by molar-refractivity contribution is -0.157. The largest absolute Gasteiger partial charge is 0.508 e. The lowest BCUT2D eigenvalue weighted by Crippen LogP contribution is -2.60. The predicted octanol–water partition coefficient (Wildman–Crippen LogP) is -2.05. The summed E-state index contributed by atoms with van der Waals surface area (Å²) in [6, 6.07) is -7.29. The number of carbonyl (C=O) groups is 14. The van der Waals surface area contributed by atoms with Crippen molar-refractivity contribution in [3.63, 3.8) is 0 Å². The first-order chi connectivity index (χ1) is 38.7. The molecule has 2 rings (SSSR count). The standard InChI is InChI=1S/C53H81N11O18/c1-5-6-7-8-9-10-11-12-13-14-15-16-40(68)63-46-30(4)82-53(81)45(29(2)3)64-51(79)34(23-31-17-19-32(65)20-18-31)58-41(69)27-56-48(76)37(26-44(73)74)62-50(78)35(24-39(55)67)59-42(70)28-57-47(75)36(25-43(71)72)61-49(77)33(60-52(46)80)21-22-38(54)66/h17-20,29-30,33-37,45-46,65H,5-16,21-28H2,1-4H3,(H2,54,66)(H2,55,67)(H,56,76)(H,57,75)(H,58,69)(H,59,70)(H,60,80)(H,61,77)(H,62,78)(H,63,68)(H,64,79)(H,71,72)(H,73,74). The molecule has 456 valence electrons. The Kier molecular flexibility index (Phi) is 31.3. The van der Waals surface area contributed by atoms with Crippen LogP contribution in [0.15, 0.2) is 24.3 Å². The minimum atomic E-state index is -2.02. The van der Waals surface area contributed by atoms with Crippen molar-refractivity contribution in [3.05, 3.63) is 29.8 Å². The zero-order chi connectivity index (χ0) is 61.5. The van der Waals surface area contributed by atoms with Gasteiger partial charge in [-0.2, -0.15) is 0 Å². The minimum Gasteiger partial charge on any atom is -0.508 e. The highest BCUT2D eigenvalue weighted by Crippen LogP contribution is 2.16. The molecule has 1 saturated heterocycles. The van der Waals surface area contributed by atoms with Gasteiger partial charge in [0, 0.05) is 19.3 Å². The van der Waals surface area contributed by atoms with Crippen LogP contribution in [0.3, 0.4) is 0 Å². The first-order valence-electron chi connectivity index (χ1n) is 27.3. The fourth-order valence-electron chi connectivity index (χ4n) is 8.36. The number of nitrogens with one attached hydrogen (secondary N) is 9. The maximum Gasteiger partial charge on any atom is 0.329 e. The van der Waals surface area contributed by atoms with E-state index in [0.717, 1.165) is 38.5 Å². The molecule has 29 nitrogen and oxygen atoms in total. The van der Waals surface area contributed by atoms with Gasteiger partial charge in [0.05, 0.1) is 32.4 Å². The van der Waals surface area contributed by atoms with E-state index in [1.54, 1.807) is 0 Å². The second-order valence-electron chi connectivity index (χ2n) is 20.3. The van der Waals surface area contributed by atoms with Gasteiger partial charge < -0.3 is 79.4 Å². The molecule has 82 heavy (non-hydrogen) atoms. The molecule has 0 spiro atoms. The summed E-state index contributed by atoms with van der Waals surface area (Å²) >= 11 is 0. The van der Waals surface area contributed by atoms with Crippen LogP contribution in [0, 0.1) is 5.92 Å². The molecule has 11 amide bonds. The zero-order valence-corrected chi connectivity index (χ0v) is 46.8. The molecule has 1 aromatic rings. The van der Waals surface area contributed by atoms with Crippen molar-refractivity contribution in [2.75, 3.05) is 13.1 Å². The number of hydrogen-bond acceptors (Lipinski definition) is 16. The molecule has 0 radical (unpaired) electrons. The third-order valence-corrected chi connectivity index (χ3v) is 12.9. The number of cyclic esters (lactones) is 1. The first kappa shape index (κ1) is 69.7. The molecule has 0 aliphatic carbocycles. The number of aromatic hydroxyl groups is 1. The molecule has 1 fully saturated rings. The van der Waals surface area contributed by atoms with E-state index in [2.05, 4.69) is 49.5 Å². The third kappa shape index (κ3) is 27.7. The molecule has 16 N–H and O–H groups in total. The van der Waals surface area contributed by atoms with Crippen LogP contribution in [0.2, 0.25) is 0 Å². The number of carbonyl (C=O) groups excluding carboxylic acids is 12. The van der Waals surface area contributed by atoms with Crippen molar-refractivity contribution in [2.45, 2.75) is 192 Å². The number of carboxylic acid groups (broad SMARTS) is 2. The Morgan fingerprint density at radius 2 is 1.02 bits per heavy atom. The molecular formula is C53H81N11O18. The molecule has 0 bridgehead atoms. The van der Waals surface area contributed by atoms with Crippen LogP contribution in [0.1, 0.15) is 142 Å². The van der Waals surface area contributed by atoms with E-state index >= 15 is 0 Å². The van der Waals surface area contributed by atoms with Crippen molar-refractivity contribution >= 4 is 82.9 Å². The Hall–Kier alpha value is -8.40. The smallest absolute Gasteiger partial charge is 0.329 e. The quantitative estimate of drug-likeness (QED) is 0.0370. The number of phenolic OH excluding ortho intramolecular Hbond substituents is 1. The highest BCUT2D eigenvalue weighted by Gasteiger charge is 2.38. The maximum absolute atomic E-state index is 14.4. The van der Waals surface area contributed by atoms with E-state index in [1.165, 1.54) is 64.3 Å². The summed E-state index contributed by atoms with van der Waals surface area (Å²) in [6.45, 7) is 4.35. The number of carboxylic acids is 2. The summed E-state index contributed by atoms with van der Waals surface area (Å²) in [6.07, 6.45) is 4.38. The Balaban J connectivity index is 2.69. The van der Waals surface area contributed by atoms with Crippen molar-refractivity contribution in [1.29, 1.82) is 0 Å². The lowest BCUT2D eigenvalue weighted by Gasteiger charge is -2.30. The fourth-order valence-corrected chi connectivity index (χ4v) is 8.36. The van der Waals surface area contributed by atoms with Gasteiger partial charge in [0.1, 0.15) is 54.1 Å². The van der Waals surface area contributed by atoms with Crippen LogP contribution >= 0.6 is 0 Å². The molecule has 0 aromatic heterocycles. The number of amides is 11. The molecule has 1 heterocycles. The molecule has 0 saturated carbocycles. The first-order valence-corrected chi connectivity index (χ1v) is 27.3. The predicted molar refractivity (Wildman–Crippen MR) is 290 cm³/mol. The number of rotatable bonds is 25. The number of primary amides is 2. The van der Waals surface area contributed by atoms with Gasteiger partial charge in [-0.1, -0.05) is 97.1 Å². The van der Waals surface area contributed by atoms with Crippen molar-refractivity contribution in [2.24, 2.45) is 17.4 Å². The van der Waals surface area contributed by atoms with Gasteiger partial charge in [-0.3, -0.25) is 62.3 Å². The number of unbranched alkanes of at least 4 members (excludes halogenated alkanes) is 10. The molecular weight excluding hydrogens is 1080 g/mol. The topological polar surface area (TPSA) is 469 Å². The van der Waals surface area contributed by atoms with E-state index < -0.39 is 182 Å². The SMILES string of the molecule is CCCCCCCCCCCCCC(=O)NC1C(=O)NC(CCC(N)=O)C(=O)NC(CC(=O)O)C(=O)NCC(=O)NC(CC(N)=O)C(=O)NC(CC(=O)O)C(=O)NCC(=O)NC(Cc2ccc(O)cc2)C(=O)NC(C(C)C)C(=O)OC1C. The molecule has 29 heteroatoms. The van der Waals surface area contributed by atoms with E-state index in [-0.39, 0.29) is 18.6 Å². The average Bonchev–Trinajstić information content (AvgIpc) is 3.49. The summed E-state index contributed by atoms with van der Waals surface area (Å²) in [5.74, 6) is -18.0. The van der Waals surface area contributed by atoms with Gasteiger partial charge in [-0.05, 0) is 43.4 Å². The monoisotopic (exact) mass is 1160 g/mol. The minimum absolute atomic E-state index is 0.0958. The lowest BCUT2D eigenvalue weighted by atomic mass is 10.0. The number of aliphatic carboxylic acids is 2. The number of benzene rings is 1. The van der Waals surface area contributed by atoms with Gasteiger partial charge in [-0.15, -0.1) is 0 Å². The van der Waals surface area contributed by atoms with E-state index in [4.69, 9.17) is 16.2 Å².